The maximum atomic E-state index is 5.23. The third-order valence-corrected chi connectivity index (χ3v) is 2.50. The zero-order chi connectivity index (χ0) is 9.97. The van der Waals surface area contributed by atoms with Gasteiger partial charge in [0.2, 0.25) is 0 Å². The van der Waals surface area contributed by atoms with Gasteiger partial charge in [0.05, 0.1) is 12.7 Å². The Balaban J connectivity index is 2.01. The van der Waals surface area contributed by atoms with Gasteiger partial charge in [0, 0.05) is 6.42 Å². The lowest BCUT2D eigenvalue weighted by Gasteiger charge is -2.06. The van der Waals surface area contributed by atoms with Crippen LogP contribution in [0.4, 0.5) is 0 Å². The first-order valence-corrected chi connectivity index (χ1v) is 5.43. The average molecular weight is 190 g/mol. The highest BCUT2D eigenvalue weighted by Crippen LogP contribution is 2.18. The van der Waals surface area contributed by atoms with Gasteiger partial charge in [0.15, 0.2) is 0 Å². The van der Waals surface area contributed by atoms with E-state index in [0.717, 1.165) is 18.9 Å². The number of epoxide rings is 1. The van der Waals surface area contributed by atoms with Crippen LogP contribution in [-0.2, 0) is 17.6 Å². The van der Waals surface area contributed by atoms with E-state index in [-0.39, 0.29) is 0 Å². The van der Waals surface area contributed by atoms with E-state index in [1.807, 2.05) is 0 Å². The standard InChI is InChI=1S/C13H18O/c1-10(2)6-11-4-3-5-12(7-11)8-13-9-14-13/h3-5,7,10,13H,6,8-9H2,1-2H3. The molecule has 1 aliphatic rings. The number of ether oxygens (including phenoxy) is 1. The molecule has 0 N–H and O–H groups in total. The molecular weight excluding hydrogens is 172 g/mol. The zero-order valence-electron chi connectivity index (χ0n) is 8.99. The van der Waals surface area contributed by atoms with Gasteiger partial charge >= 0.3 is 0 Å². The molecule has 1 aromatic carbocycles. The van der Waals surface area contributed by atoms with Crippen molar-refractivity contribution in [3.63, 3.8) is 0 Å². The molecule has 0 amide bonds. The van der Waals surface area contributed by atoms with E-state index in [9.17, 15) is 0 Å². The Morgan fingerprint density at radius 2 is 2.07 bits per heavy atom. The summed E-state index contributed by atoms with van der Waals surface area (Å²) in [5.41, 5.74) is 2.88. The predicted octanol–water partition coefficient (Wildman–Crippen LogP) is 2.83. The molecule has 1 heteroatoms. The Hall–Kier alpha value is -0.820. The van der Waals surface area contributed by atoms with E-state index in [0.29, 0.717) is 6.10 Å². The predicted molar refractivity (Wildman–Crippen MR) is 58.4 cm³/mol. The van der Waals surface area contributed by atoms with Gasteiger partial charge < -0.3 is 4.74 Å². The first kappa shape index (κ1) is 9.72. The summed E-state index contributed by atoms with van der Waals surface area (Å²) in [6, 6.07) is 8.90. The highest BCUT2D eigenvalue weighted by atomic mass is 16.6. The summed E-state index contributed by atoms with van der Waals surface area (Å²) < 4.78 is 5.23. The molecule has 0 spiro atoms. The lowest BCUT2D eigenvalue weighted by molar-refractivity contribution is 0.407. The molecule has 1 atom stereocenters. The van der Waals surface area contributed by atoms with Gasteiger partial charge in [0.1, 0.15) is 0 Å². The minimum atomic E-state index is 0.504. The lowest BCUT2D eigenvalue weighted by atomic mass is 9.99. The summed E-state index contributed by atoms with van der Waals surface area (Å²) in [7, 11) is 0. The first-order chi connectivity index (χ1) is 6.74. The summed E-state index contributed by atoms with van der Waals surface area (Å²) in [5.74, 6) is 0.738. The van der Waals surface area contributed by atoms with Gasteiger partial charge in [-0.05, 0) is 23.5 Å². The van der Waals surface area contributed by atoms with Crippen LogP contribution in [0, 0.1) is 5.92 Å². The number of benzene rings is 1. The van der Waals surface area contributed by atoms with E-state index < -0.39 is 0 Å². The normalized spacial score (nSPS) is 20.1. The number of hydrogen-bond donors (Lipinski definition) is 0. The molecule has 1 fully saturated rings. The maximum absolute atomic E-state index is 5.23. The summed E-state index contributed by atoms with van der Waals surface area (Å²) in [6.45, 7) is 5.47. The largest absolute Gasteiger partial charge is 0.373 e. The molecule has 14 heavy (non-hydrogen) atoms. The summed E-state index contributed by atoms with van der Waals surface area (Å²) in [5, 5.41) is 0. The van der Waals surface area contributed by atoms with Crippen LogP contribution in [0.2, 0.25) is 0 Å². The van der Waals surface area contributed by atoms with Crippen molar-refractivity contribution in [2.24, 2.45) is 5.92 Å². The van der Waals surface area contributed by atoms with Crippen LogP contribution in [0.25, 0.3) is 0 Å². The van der Waals surface area contributed by atoms with Crippen LogP contribution in [0.5, 0.6) is 0 Å². The van der Waals surface area contributed by atoms with Gasteiger partial charge in [-0.25, -0.2) is 0 Å². The minimum absolute atomic E-state index is 0.504. The highest BCUT2D eigenvalue weighted by Gasteiger charge is 2.22. The third-order valence-electron chi connectivity index (χ3n) is 2.50. The Bertz CT molecular complexity index is 281. The fourth-order valence-electron chi connectivity index (χ4n) is 1.80. The van der Waals surface area contributed by atoms with Crippen molar-refractivity contribution in [3.05, 3.63) is 35.4 Å². The number of hydrogen-bond acceptors (Lipinski definition) is 1. The van der Waals surface area contributed by atoms with E-state index in [1.165, 1.54) is 17.5 Å². The molecule has 1 unspecified atom stereocenters. The summed E-state index contributed by atoms with van der Waals surface area (Å²) in [4.78, 5) is 0. The van der Waals surface area contributed by atoms with E-state index >= 15 is 0 Å². The lowest BCUT2D eigenvalue weighted by Crippen LogP contribution is -1.97. The van der Waals surface area contributed by atoms with Crippen LogP contribution in [0.3, 0.4) is 0 Å². The molecule has 1 saturated heterocycles. The van der Waals surface area contributed by atoms with Gasteiger partial charge in [-0.1, -0.05) is 38.1 Å². The minimum Gasteiger partial charge on any atom is -0.373 e. The van der Waals surface area contributed by atoms with Crippen LogP contribution in [0.15, 0.2) is 24.3 Å². The van der Waals surface area contributed by atoms with Crippen molar-refractivity contribution in [3.8, 4) is 0 Å². The van der Waals surface area contributed by atoms with Gasteiger partial charge in [-0.3, -0.25) is 0 Å². The van der Waals surface area contributed by atoms with Crippen molar-refractivity contribution >= 4 is 0 Å². The third kappa shape index (κ3) is 2.85. The monoisotopic (exact) mass is 190 g/mol. The van der Waals surface area contributed by atoms with Crippen molar-refractivity contribution in [2.45, 2.75) is 32.8 Å². The summed E-state index contributed by atoms with van der Waals surface area (Å²) in [6.07, 6.45) is 2.77. The van der Waals surface area contributed by atoms with Crippen molar-refractivity contribution in [1.82, 2.24) is 0 Å². The fraction of sp³-hybridized carbons (Fsp3) is 0.538. The maximum Gasteiger partial charge on any atom is 0.0850 e. The molecule has 0 saturated carbocycles. The zero-order valence-corrected chi connectivity index (χ0v) is 8.99. The molecule has 1 nitrogen and oxygen atoms in total. The van der Waals surface area contributed by atoms with Gasteiger partial charge in [-0.15, -0.1) is 0 Å². The molecule has 0 aromatic heterocycles. The second kappa shape index (κ2) is 4.14. The SMILES string of the molecule is CC(C)Cc1cccc(CC2CO2)c1. The molecule has 2 rings (SSSR count). The van der Waals surface area contributed by atoms with E-state index in [1.54, 1.807) is 0 Å². The Labute approximate surface area is 86.1 Å². The highest BCUT2D eigenvalue weighted by molar-refractivity contribution is 5.24. The molecule has 0 bridgehead atoms. The quantitative estimate of drug-likeness (QED) is 0.665. The number of rotatable bonds is 4. The second-order valence-corrected chi connectivity index (χ2v) is 4.58. The van der Waals surface area contributed by atoms with Crippen LogP contribution in [0.1, 0.15) is 25.0 Å². The van der Waals surface area contributed by atoms with E-state index in [2.05, 4.69) is 38.1 Å². The fourth-order valence-corrected chi connectivity index (χ4v) is 1.80. The average Bonchev–Trinajstić information content (AvgIpc) is 2.87. The Morgan fingerprint density at radius 1 is 1.36 bits per heavy atom. The van der Waals surface area contributed by atoms with Crippen LogP contribution >= 0.6 is 0 Å². The second-order valence-electron chi connectivity index (χ2n) is 4.58. The molecule has 0 aliphatic carbocycles. The Kier molecular flexibility index (Phi) is 2.87. The molecule has 1 heterocycles. The molecule has 76 valence electrons. The molecule has 0 radical (unpaired) electrons. The van der Waals surface area contributed by atoms with Gasteiger partial charge in [-0.2, -0.15) is 0 Å². The summed E-state index contributed by atoms with van der Waals surface area (Å²) >= 11 is 0. The van der Waals surface area contributed by atoms with Crippen LogP contribution in [-0.4, -0.2) is 12.7 Å². The van der Waals surface area contributed by atoms with Crippen molar-refractivity contribution in [2.75, 3.05) is 6.61 Å². The first-order valence-electron chi connectivity index (χ1n) is 5.43. The molecular formula is C13H18O. The van der Waals surface area contributed by atoms with Crippen LogP contribution < -0.4 is 0 Å². The molecule has 1 aliphatic heterocycles. The van der Waals surface area contributed by atoms with E-state index in [4.69, 9.17) is 4.74 Å². The Morgan fingerprint density at radius 3 is 2.71 bits per heavy atom. The van der Waals surface area contributed by atoms with Crippen molar-refractivity contribution < 1.29 is 4.74 Å². The molecule has 1 aromatic rings. The topological polar surface area (TPSA) is 12.5 Å². The smallest absolute Gasteiger partial charge is 0.0850 e. The van der Waals surface area contributed by atoms with Crippen molar-refractivity contribution in [1.29, 1.82) is 0 Å². The van der Waals surface area contributed by atoms with Gasteiger partial charge in [0.25, 0.3) is 0 Å².